The van der Waals surface area contributed by atoms with Gasteiger partial charge in [-0.3, -0.25) is 4.79 Å². The van der Waals surface area contributed by atoms with Crippen LogP contribution in [0.15, 0.2) is 12.1 Å². The largest absolute Gasteiger partial charge is 0.382 e. The third-order valence-corrected chi connectivity index (χ3v) is 5.39. The number of hydrogen-bond acceptors (Lipinski definition) is 4. The van der Waals surface area contributed by atoms with Crippen molar-refractivity contribution in [3.63, 3.8) is 0 Å². The van der Waals surface area contributed by atoms with E-state index in [1.54, 1.807) is 13.8 Å². The highest BCUT2D eigenvalue weighted by Crippen LogP contribution is 2.29. The summed E-state index contributed by atoms with van der Waals surface area (Å²) in [4.78, 5) is 15.3. The Bertz CT molecular complexity index is 464. The number of thiophene rings is 1. The number of ketones is 1. The van der Waals surface area contributed by atoms with Crippen LogP contribution in [0.2, 0.25) is 0 Å². The maximum atomic E-state index is 12.2. The molecule has 1 heterocycles. The Morgan fingerprint density at radius 3 is 2.00 bits per heavy atom. The smallest absolute Gasteiger partial charge is 0.203 e. The lowest BCUT2D eigenvalue weighted by atomic mass is 10.0. The highest BCUT2D eigenvalue weighted by atomic mass is 32.1. The van der Waals surface area contributed by atoms with Crippen molar-refractivity contribution in [2.75, 3.05) is 18.0 Å². The van der Waals surface area contributed by atoms with Gasteiger partial charge in [0.1, 0.15) is 5.60 Å². The predicted molar refractivity (Wildman–Crippen MR) is 105 cm³/mol. The van der Waals surface area contributed by atoms with Gasteiger partial charge in [-0.05, 0) is 38.8 Å². The number of carbonyl (C=O) groups excluding carboxylic acids is 1. The summed E-state index contributed by atoms with van der Waals surface area (Å²) in [5, 5.41) is 11.1. The second-order valence-corrected chi connectivity index (χ2v) is 8.20. The number of nitrogens with zero attached hydrogens (tertiary/aromatic N) is 1. The van der Waals surface area contributed by atoms with E-state index in [9.17, 15) is 9.90 Å². The van der Waals surface area contributed by atoms with Crippen LogP contribution in [0.3, 0.4) is 0 Å². The van der Waals surface area contributed by atoms with E-state index in [1.807, 2.05) is 12.1 Å². The van der Waals surface area contributed by atoms with E-state index in [-0.39, 0.29) is 5.78 Å². The summed E-state index contributed by atoms with van der Waals surface area (Å²) in [6.07, 6.45) is 10.0. The molecule has 0 aliphatic heterocycles. The number of carbonyl (C=O) groups is 1. The monoisotopic (exact) mass is 353 g/mol. The van der Waals surface area contributed by atoms with E-state index in [4.69, 9.17) is 0 Å². The summed E-state index contributed by atoms with van der Waals surface area (Å²) < 4.78 is 0. The fourth-order valence-corrected chi connectivity index (χ4v) is 3.86. The van der Waals surface area contributed by atoms with Crippen LogP contribution in [-0.4, -0.2) is 29.6 Å². The zero-order valence-corrected chi connectivity index (χ0v) is 16.8. The average molecular weight is 354 g/mol. The molecule has 24 heavy (non-hydrogen) atoms. The number of hydrogen-bond donors (Lipinski definition) is 1. The third-order valence-electron chi connectivity index (χ3n) is 4.25. The Morgan fingerprint density at radius 2 is 1.54 bits per heavy atom. The van der Waals surface area contributed by atoms with Crippen LogP contribution < -0.4 is 4.90 Å². The molecule has 0 aliphatic rings. The Morgan fingerprint density at radius 1 is 1.00 bits per heavy atom. The minimum absolute atomic E-state index is 0.185. The highest BCUT2D eigenvalue weighted by molar-refractivity contribution is 7.18. The first-order valence-corrected chi connectivity index (χ1v) is 10.3. The number of rotatable bonds is 13. The number of Topliss-reactive ketones (excluding diaryl/α,β-unsaturated/α-hetero) is 1. The molecule has 0 atom stereocenters. The van der Waals surface area contributed by atoms with Crippen LogP contribution in [0.4, 0.5) is 5.00 Å². The Labute approximate surface area is 152 Å². The molecule has 0 amide bonds. The van der Waals surface area contributed by atoms with Gasteiger partial charge >= 0.3 is 0 Å². The minimum Gasteiger partial charge on any atom is -0.382 e. The van der Waals surface area contributed by atoms with Crippen LogP contribution in [0.5, 0.6) is 0 Å². The van der Waals surface area contributed by atoms with Gasteiger partial charge in [0.05, 0.1) is 9.88 Å². The van der Waals surface area contributed by atoms with Gasteiger partial charge in [0.2, 0.25) is 5.78 Å². The summed E-state index contributed by atoms with van der Waals surface area (Å²) in [5.41, 5.74) is -1.30. The van der Waals surface area contributed by atoms with Gasteiger partial charge in [-0.25, -0.2) is 0 Å². The molecule has 138 valence electrons. The van der Waals surface area contributed by atoms with Crippen molar-refractivity contribution in [1.82, 2.24) is 0 Å². The van der Waals surface area contributed by atoms with Gasteiger partial charge in [0.25, 0.3) is 0 Å². The maximum Gasteiger partial charge on any atom is 0.203 e. The van der Waals surface area contributed by atoms with Gasteiger partial charge in [-0.2, -0.15) is 0 Å². The van der Waals surface area contributed by atoms with Gasteiger partial charge in [0, 0.05) is 13.1 Å². The summed E-state index contributed by atoms with van der Waals surface area (Å²) >= 11 is 1.52. The number of anilines is 1. The van der Waals surface area contributed by atoms with Crippen LogP contribution >= 0.6 is 11.3 Å². The lowest BCUT2D eigenvalue weighted by molar-refractivity contribution is 0.0492. The highest BCUT2D eigenvalue weighted by Gasteiger charge is 2.27. The molecule has 1 rings (SSSR count). The molecular formula is C20H35NO2S. The molecule has 0 saturated heterocycles. The van der Waals surface area contributed by atoms with Crippen molar-refractivity contribution in [1.29, 1.82) is 0 Å². The van der Waals surface area contributed by atoms with Crippen molar-refractivity contribution in [3.8, 4) is 0 Å². The van der Waals surface area contributed by atoms with E-state index in [1.165, 1.54) is 62.7 Å². The van der Waals surface area contributed by atoms with Crippen molar-refractivity contribution < 1.29 is 9.90 Å². The van der Waals surface area contributed by atoms with Gasteiger partial charge < -0.3 is 10.0 Å². The Hall–Kier alpha value is -0.870. The van der Waals surface area contributed by atoms with Gasteiger partial charge in [-0.15, -0.1) is 11.3 Å². The average Bonchev–Trinajstić information content (AvgIpc) is 3.01. The molecule has 0 aromatic carbocycles. The van der Waals surface area contributed by atoms with E-state index >= 15 is 0 Å². The van der Waals surface area contributed by atoms with E-state index in [0.717, 1.165) is 18.1 Å². The van der Waals surface area contributed by atoms with E-state index < -0.39 is 5.60 Å². The van der Waals surface area contributed by atoms with Crippen molar-refractivity contribution in [3.05, 3.63) is 17.0 Å². The van der Waals surface area contributed by atoms with Crippen molar-refractivity contribution >= 4 is 22.1 Å². The SMILES string of the molecule is CCCCCCN(CCCCCC)c1ccc(C(=O)C(C)(C)O)s1. The quantitative estimate of drug-likeness (QED) is 0.367. The minimum atomic E-state index is -1.30. The van der Waals surface area contributed by atoms with Crippen LogP contribution in [0, 0.1) is 0 Å². The first-order chi connectivity index (χ1) is 11.4. The molecule has 3 nitrogen and oxygen atoms in total. The lowest BCUT2D eigenvalue weighted by Crippen LogP contribution is -2.30. The predicted octanol–water partition coefficient (Wildman–Crippen LogP) is 5.67. The van der Waals surface area contributed by atoms with Crippen LogP contribution in [0.1, 0.15) is 88.7 Å². The molecule has 0 fully saturated rings. The lowest BCUT2D eigenvalue weighted by Gasteiger charge is -2.23. The van der Waals surface area contributed by atoms with E-state index in [2.05, 4.69) is 18.7 Å². The molecule has 0 bridgehead atoms. The fourth-order valence-electron chi connectivity index (χ4n) is 2.71. The first-order valence-electron chi connectivity index (χ1n) is 9.52. The second kappa shape index (κ2) is 10.9. The van der Waals surface area contributed by atoms with Crippen LogP contribution in [0.25, 0.3) is 0 Å². The summed E-state index contributed by atoms with van der Waals surface area (Å²) in [7, 11) is 0. The Kier molecular flexibility index (Phi) is 9.60. The number of aliphatic hydroxyl groups is 1. The fraction of sp³-hybridized carbons (Fsp3) is 0.750. The standard InChI is InChI=1S/C20H35NO2S/c1-5-7-9-11-15-21(16-12-10-8-6-2)18-14-13-17(24-18)19(22)20(3,4)23/h13-14,23H,5-12,15-16H2,1-4H3. The topological polar surface area (TPSA) is 40.5 Å². The normalized spacial score (nSPS) is 11.7. The molecule has 0 radical (unpaired) electrons. The summed E-state index contributed by atoms with van der Waals surface area (Å²) in [5.74, 6) is -0.185. The zero-order chi connectivity index (χ0) is 18.0. The molecule has 0 spiro atoms. The number of unbranched alkanes of at least 4 members (excludes halogenated alkanes) is 6. The molecule has 1 aromatic rings. The molecule has 0 unspecified atom stereocenters. The van der Waals surface area contributed by atoms with Crippen molar-refractivity contribution in [2.24, 2.45) is 0 Å². The van der Waals surface area contributed by atoms with Gasteiger partial charge in [0.15, 0.2) is 0 Å². The molecule has 1 N–H and O–H groups in total. The molecular weight excluding hydrogens is 318 g/mol. The van der Waals surface area contributed by atoms with Crippen molar-refractivity contribution in [2.45, 2.75) is 84.7 Å². The van der Waals surface area contributed by atoms with Crippen LogP contribution in [-0.2, 0) is 0 Å². The Balaban J connectivity index is 2.70. The zero-order valence-electron chi connectivity index (χ0n) is 15.9. The van der Waals surface area contributed by atoms with E-state index in [0.29, 0.717) is 4.88 Å². The summed E-state index contributed by atoms with van der Waals surface area (Å²) in [6, 6.07) is 3.91. The molecule has 1 aromatic heterocycles. The third kappa shape index (κ3) is 7.35. The molecule has 0 saturated carbocycles. The summed E-state index contributed by atoms with van der Waals surface area (Å²) in [6.45, 7) is 9.70. The second-order valence-electron chi connectivity index (χ2n) is 7.13. The van der Waals surface area contributed by atoms with Gasteiger partial charge in [-0.1, -0.05) is 52.4 Å². The first kappa shape index (κ1) is 21.2. The molecule has 0 aliphatic carbocycles. The molecule has 4 heteroatoms. The maximum absolute atomic E-state index is 12.2.